The highest BCUT2D eigenvalue weighted by molar-refractivity contribution is 7.86. The summed E-state index contributed by atoms with van der Waals surface area (Å²) in [6, 6.07) is 5.43. The maximum absolute atomic E-state index is 11.0. The van der Waals surface area contributed by atoms with Crippen LogP contribution in [0.4, 0.5) is 0 Å². The molecule has 94 valence electrons. The van der Waals surface area contributed by atoms with Crippen molar-refractivity contribution in [1.29, 1.82) is 0 Å². The summed E-state index contributed by atoms with van der Waals surface area (Å²) in [5.41, 5.74) is 0.290. The molecule has 1 rings (SSSR count). The van der Waals surface area contributed by atoms with Gasteiger partial charge in [-0.2, -0.15) is 8.42 Å². The minimum atomic E-state index is -3.59. The molecule has 1 aromatic rings. The number of ether oxygens (including phenoxy) is 1. The van der Waals surface area contributed by atoms with E-state index in [4.69, 9.17) is 0 Å². The number of esters is 1. The summed E-state index contributed by atoms with van der Waals surface area (Å²) in [5, 5.41) is 9.48. The fourth-order valence-corrected chi connectivity index (χ4v) is 1.59. The van der Waals surface area contributed by atoms with Crippen LogP contribution >= 0.6 is 0 Å². The second-order valence-corrected chi connectivity index (χ2v) is 4.86. The van der Waals surface area contributed by atoms with Gasteiger partial charge in [-0.3, -0.25) is 0 Å². The van der Waals surface area contributed by atoms with Crippen LogP contribution in [0.1, 0.15) is 11.7 Å². The Bertz CT molecular complexity index is 490. The third-order valence-corrected chi connectivity index (χ3v) is 2.36. The Kier molecular flexibility index (Phi) is 4.08. The quantitative estimate of drug-likeness (QED) is 0.615. The van der Waals surface area contributed by atoms with Crippen molar-refractivity contribution < 1.29 is 27.2 Å². The number of aliphatic hydroxyl groups is 1. The van der Waals surface area contributed by atoms with Gasteiger partial charge in [0.1, 0.15) is 5.75 Å². The van der Waals surface area contributed by atoms with Crippen LogP contribution in [-0.4, -0.2) is 32.9 Å². The molecule has 0 aliphatic heterocycles. The van der Waals surface area contributed by atoms with Crippen molar-refractivity contribution in [2.45, 2.75) is 6.10 Å². The van der Waals surface area contributed by atoms with E-state index in [2.05, 4.69) is 8.92 Å². The van der Waals surface area contributed by atoms with Gasteiger partial charge in [-0.1, -0.05) is 12.1 Å². The van der Waals surface area contributed by atoms with Crippen molar-refractivity contribution in [2.75, 3.05) is 13.4 Å². The fourth-order valence-electron chi connectivity index (χ4n) is 1.13. The topological polar surface area (TPSA) is 89.9 Å². The highest BCUT2D eigenvalue weighted by Gasteiger charge is 2.17. The standard InChI is InChI=1S/C10H12O6S/c1-15-10(12)9(11)7-3-5-8(6-4-7)16-17(2,13)14/h3-6,9,11H,1-2H3. The Morgan fingerprint density at radius 3 is 2.24 bits per heavy atom. The number of carbonyl (C=O) groups excluding carboxylic acids is 1. The first-order valence-electron chi connectivity index (χ1n) is 4.59. The van der Waals surface area contributed by atoms with Gasteiger partial charge in [-0.15, -0.1) is 0 Å². The van der Waals surface area contributed by atoms with E-state index in [-0.39, 0.29) is 11.3 Å². The summed E-state index contributed by atoms with van der Waals surface area (Å²) in [6.07, 6.45) is -0.475. The second-order valence-electron chi connectivity index (χ2n) is 3.28. The molecule has 0 amide bonds. The van der Waals surface area contributed by atoms with Crippen LogP contribution in [0, 0.1) is 0 Å². The van der Waals surface area contributed by atoms with Crippen molar-refractivity contribution >= 4 is 16.1 Å². The van der Waals surface area contributed by atoms with Crippen molar-refractivity contribution in [1.82, 2.24) is 0 Å². The third kappa shape index (κ3) is 4.04. The molecule has 0 saturated carbocycles. The zero-order chi connectivity index (χ0) is 13.1. The number of hydrogen-bond acceptors (Lipinski definition) is 6. The predicted molar refractivity (Wildman–Crippen MR) is 58.9 cm³/mol. The summed E-state index contributed by atoms with van der Waals surface area (Å²) in [6.45, 7) is 0. The highest BCUT2D eigenvalue weighted by Crippen LogP contribution is 2.19. The van der Waals surface area contributed by atoms with Crippen LogP contribution in [0.25, 0.3) is 0 Å². The van der Waals surface area contributed by atoms with Gasteiger partial charge >= 0.3 is 16.1 Å². The molecule has 0 aliphatic carbocycles. The van der Waals surface area contributed by atoms with E-state index in [1.807, 2.05) is 0 Å². The van der Waals surface area contributed by atoms with E-state index in [1.165, 1.54) is 24.3 Å². The molecule has 1 atom stereocenters. The molecule has 1 unspecified atom stereocenters. The van der Waals surface area contributed by atoms with Gasteiger partial charge in [0.05, 0.1) is 13.4 Å². The van der Waals surface area contributed by atoms with Crippen LogP contribution in [0.2, 0.25) is 0 Å². The molecular formula is C10H12O6S. The van der Waals surface area contributed by atoms with Gasteiger partial charge in [0.15, 0.2) is 6.10 Å². The van der Waals surface area contributed by atoms with E-state index < -0.39 is 22.2 Å². The van der Waals surface area contributed by atoms with Crippen LogP contribution in [-0.2, 0) is 19.6 Å². The normalized spacial score (nSPS) is 12.9. The van der Waals surface area contributed by atoms with Gasteiger partial charge < -0.3 is 14.0 Å². The fraction of sp³-hybridized carbons (Fsp3) is 0.300. The number of aliphatic hydroxyl groups excluding tert-OH is 1. The Morgan fingerprint density at radius 2 is 1.82 bits per heavy atom. The Balaban J connectivity index is 2.85. The van der Waals surface area contributed by atoms with Crippen LogP contribution < -0.4 is 4.18 Å². The van der Waals surface area contributed by atoms with Crippen molar-refractivity contribution in [3.63, 3.8) is 0 Å². The first-order valence-corrected chi connectivity index (χ1v) is 6.40. The smallest absolute Gasteiger partial charge is 0.339 e. The second kappa shape index (κ2) is 5.15. The molecule has 0 radical (unpaired) electrons. The molecule has 1 aromatic carbocycles. The lowest BCUT2D eigenvalue weighted by molar-refractivity contribution is -0.150. The summed E-state index contributed by atoms with van der Waals surface area (Å²) < 4.78 is 30.6. The number of methoxy groups -OCH3 is 1. The summed E-state index contributed by atoms with van der Waals surface area (Å²) in [5.74, 6) is -0.685. The minimum absolute atomic E-state index is 0.105. The van der Waals surface area contributed by atoms with Crippen molar-refractivity contribution in [3.05, 3.63) is 29.8 Å². The first kappa shape index (κ1) is 13.5. The lowest BCUT2D eigenvalue weighted by Crippen LogP contribution is -2.13. The Hall–Kier alpha value is -1.60. The molecule has 0 heterocycles. The lowest BCUT2D eigenvalue weighted by atomic mass is 10.1. The SMILES string of the molecule is COC(=O)C(O)c1ccc(OS(C)(=O)=O)cc1. The van der Waals surface area contributed by atoms with Crippen molar-refractivity contribution in [2.24, 2.45) is 0 Å². The van der Waals surface area contributed by atoms with Gasteiger partial charge in [0.25, 0.3) is 0 Å². The maximum Gasteiger partial charge on any atom is 0.339 e. The van der Waals surface area contributed by atoms with Crippen LogP contribution in [0.3, 0.4) is 0 Å². The zero-order valence-corrected chi connectivity index (χ0v) is 10.1. The molecule has 1 N–H and O–H groups in total. The van der Waals surface area contributed by atoms with E-state index in [1.54, 1.807) is 0 Å². The zero-order valence-electron chi connectivity index (χ0n) is 9.28. The molecule has 0 spiro atoms. The van der Waals surface area contributed by atoms with Crippen LogP contribution in [0.5, 0.6) is 5.75 Å². The molecule has 0 bridgehead atoms. The minimum Gasteiger partial charge on any atom is -0.467 e. The Labute approximate surface area is 98.9 Å². The third-order valence-electron chi connectivity index (χ3n) is 1.87. The van der Waals surface area contributed by atoms with E-state index in [9.17, 15) is 18.3 Å². The number of carbonyl (C=O) groups is 1. The predicted octanol–water partition coefficient (Wildman–Crippen LogP) is 0.231. The Morgan fingerprint density at radius 1 is 1.29 bits per heavy atom. The molecule has 7 heteroatoms. The summed E-state index contributed by atoms with van der Waals surface area (Å²) in [7, 11) is -2.43. The van der Waals surface area contributed by atoms with E-state index in [0.717, 1.165) is 13.4 Å². The maximum atomic E-state index is 11.0. The van der Waals surface area contributed by atoms with Gasteiger partial charge in [-0.05, 0) is 17.7 Å². The molecule has 0 saturated heterocycles. The highest BCUT2D eigenvalue weighted by atomic mass is 32.2. The first-order chi connectivity index (χ1) is 7.83. The molecule has 0 fully saturated rings. The number of rotatable bonds is 4. The molecule has 6 nitrogen and oxygen atoms in total. The summed E-state index contributed by atoms with van der Waals surface area (Å²) in [4.78, 5) is 11.0. The largest absolute Gasteiger partial charge is 0.467 e. The number of benzene rings is 1. The van der Waals surface area contributed by atoms with Crippen LogP contribution in [0.15, 0.2) is 24.3 Å². The number of hydrogen-bond donors (Lipinski definition) is 1. The lowest BCUT2D eigenvalue weighted by Gasteiger charge is -2.09. The molecule has 0 aliphatic rings. The monoisotopic (exact) mass is 260 g/mol. The average Bonchev–Trinajstić information content (AvgIpc) is 2.26. The molecule has 17 heavy (non-hydrogen) atoms. The summed E-state index contributed by atoms with van der Waals surface area (Å²) >= 11 is 0. The average molecular weight is 260 g/mol. The molecule has 0 aromatic heterocycles. The van der Waals surface area contributed by atoms with E-state index >= 15 is 0 Å². The molecular weight excluding hydrogens is 248 g/mol. The van der Waals surface area contributed by atoms with Gasteiger partial charge in [0.2, 0.25) is 0 Å². The van der Waals surface area contributed by atoms with Gasteiger partial charge in [0, 0.05) is 0 Å². The van der Waals surface area contributed by atoms with Crippen molar-refractivity contribution in [3.8, 4) is 5.75 Å². The van der Waals surface area contributed by atoms with Gasteiger partial charge in [-0.25, -0.2) is 4.79 Å². The van der Waals surface area contributed by atoms with E-state index in [0.29, 0.717) is 0 Å².